The van der Waals surface area contributed by atoms with E-state index in [1.165, 1.54) is 141 Å². The SMILES string of the molecule is [CH2]C(CCCCCCCCCCCC)CCCCCCCCCCCC(C)C. The van der Waals surface area contributed by atoms with Crippen LogP contribution in [-0.2, 0) is 0 Å². The molecule has 28 heavy (non-hydrogen) atoms. The van der Waals surface area contributed by atoms with E-state index in [4.69, 9.17) is 0 Å². The van der Waals surface area contributed by atoms with Gasteiger partial charge in [0.05, 0.1) is 0 Å². The van der Waals surface area contributed by atoms with Crippen molar-refractivity contribution in [1.82, 2.24) is 0 Å². The smallest absolute Gasteiger partial charge is 0.0414 e. The van der Waals surface area contributed by atoms with Crippen molar-refractivity contribution in [2.24, 2.45) is 11.8 Å². The van der Waals surface area contributed by atoms with Gasteiger partial charge in [-0.2, -0.15) is 0 Å². The lowest BCUT2D eigenvalue weighted by atomic mass is 9.95. The second-order valence-corrected chi connectivity index (χ2v) is 9.99. The molecule has 0 N–H and O–H groups in total. The molecule has 169 valence electrons. The molecular formula is C28H57. The van der Waals surface area contributed by atoms with E-state index in [2.05, 4.69) is 27.7 Å². The molecule has 1 unspecified atom stereocenters. The molecule has 0 aromatic heterocycles. The monoisotopic (exact) mass is 393 g/mol. The molecule has 0 saturated carbocycles. The summed E-state index contributed by atoms with van der Waals surface area (Å²) < 4.78 is 0. The quantitative estimate of drug-likeness (QED) is 0.151. The first-order chi connectivity index (χ1) is 13.7. The molecule has 0 saturated heterocycles. The van der Waals surface area contributed by atoms with Gasteiger partial charge in [-0.25, -0.2) is 0 Å². The lowest BCUT2D eigenvalue weighted by Crippen LogP contribution is -1.95. The third-order valence-electron chi connectivity index (χ3n) is 6.36. The number of rotatable bonds is 23. The van der Waals surface area contributed by atoms with Crippen molar-refractivity contribution in [3.8, 4) is 0 Å². The first-order valence-electron chi connectivity index (χ1n) is 13.5. The molecule has 0 heterocycles. The summed E-state index contributed by atoms with van der Waals surface area (Å²) in [6, 6.07) is 0. The Morgan fingerprint density at radius 1 is 0.429 bits per heavy atom. The molecule has 1 radical (unpaired) electrons. The van der Waals surface area contributed by atoms with Gasteiger partial charge >= 0.3 is 0 Å². The van der Waals surface area contributed by atoms with Crippen LogP contribution in [0.2, 0.25) is 0 Å². The molecule has 0 rings (SSSR count). The van der Waals surface area contributed by atoms with E-state index in [-0.39, 0.29) is 0 Å². The van der Waals surface area contributed by atoms with Crippen LogP contribution in [0.1, 0.15) is 162 Å². The first kappa shape index (κ1) is 28.0. The van der Waals surface area contributed by atoms with Crippen molar-refractivity contribution >= 4 is 0 Å². The predicted molar refractivity (Wildman–Crippen MR) is 131 cm³/mol. The van der Waals surface area contributed by atoms with Gasteiger partial charge in [0.2, 0.25) is 0 Å². The van der Waals surface area contributed by atoms with Crippen LogP contribution in [0.3, 0.4) is 0 Å². The standard InChI is InChI=1S/C28H57/c1-5-6-7-8-9-10-13-16-19-22-25-28(4)26-23-20-17-14-11-12-15-18-21-24-27(2)3/h27-28H,4-26H2,1-3H3. The average Bonchev–Trinajstić information content (AvgIpc) is 2.67. The zero-order chi connectivity index (χ0) is 20.7. The Kier molecular flexibility index (Phi) is 23.3. The molecule has 0 fully saturated rings. The summed E-state index contributed by atoms with van der Waals surface area (Å²) in [4.78, 5) is 0. The summed E-state index contributed by atoms with van der Waals surface area (Å²) in [5.41, 5.74) is 0. The van der Waals surface area contributed by atoms with Gasteiger partial charge in [-0.15, -0.1) is 0 Å². The van der Waals surface area contributed by atoms with Crippen molar-refractivity contribution < 1.29 is 0 Å². The van der Waals surface area contributed by atoms with Crippen LogP contribution < -0.4 is 0 Å². The molecule has 0 nitrogen and oxygen atoms in total. The van der Waals surface area contributed by atoms with Crippen LogP contribution in [0.4, 0.5) is 0 Å². The van der Waals surface area contributed by atoms with Crippen LogP contribution in [0, 0.1) is 18.8 Å². The van der Waals surface area contributed by atoms with E-state index < -0.39 is 0 Å². The number of hydrogen-bond acceptors (Lipinski definition) is 0. The zero-order valence-electron chi connectivity index (χ0n) is 20.4. The van der Waals surface area contributed by atoms with Gasteiger partial charge in [0.1, 0.15) is 0 Å². The normalized spacial score (nSPS) is 12.8. The molecule has 0 heteroatoms. The maximum Gasteiger partial charge on any atom is -0.0414 e. The second kappa shape index (κ2) is 23.3. The molecule has 0 aliphatic rings. The number of unbranched alkanes of at least 4 members (excludes halogenated alkanes) is 17. The third-order valence-corrected chi connectivity index (χ3v) is 6.36. The van der Waals surface area contributed by atoms with Gasteiger partial charge < -0.3 is 0 Å². The largest absolute Gasteiger partial charge is 0.0654 e. The zero-order valence-corrected chi connectivity index (χ0v) is 20.4. The summed E-state index contributed by atoms with van der Waals surface area (Å²) in [6.07, 6.45) is 31.7. The van der Waals surface area contributed by atoms with E-state index in [1.54, 1.807) is 0 Å². The van der Waals surface area contributed by atoms with E-state index in [1.807, 2.05) is 0 Å². The van der Waals surface area contributed by atoms with Crippen LogP contribution in [0.25, 0.3) is 0 Å². The van der Waals surface area contributed by atoms with Crippen molar-refractivity contribution in [3.63, 3.8) is 0 Å². The summed E-state index contributed by atoms with van der Waals surface area (Å²) in [5, 5.41) is 0. The molecule has 0 aromatic carbocycles. The van der Waals surface area contributed by atoms with Gasteiger partial charge in [-0.3, -0.25) is 0 Å². The van der Waals surface area contributed by atoms with E-state index in [0.29, 0.717) is 0 Å². The van der Waals surface area contributed by atoms with Crippen LogP contribution in [0.5, 0.6) is 0 Å². The Morgan fingerprint density at radius 2 is 0.714 bits per heavy atom. The Labute approximate surface area is 181 Å². The highest BCUT2D eigenvalue weighted by molar-refractivity contribution is 4.62. The lowest BCUT2D eigenvalue weighted by Gasteiger charge is -2.11. The Hall–Kier alpha value is 0. The van der Waals surface area contributed by atoms with Crippen molar-refractivity contribution in [1.29, 1.82) is 0 Å². The van der Waals surface area contributed by atoms with Crippen molar-refractivity contribution in [3.05, 3.63) is 6.92 Å². The minimum atomic E-state index is 0.718. The van der Waals surface area contributed by atoms with Crippen LogP contribution in [-0.4, -0.2) is 0 Å². The predicted octanol–water partition coefficient (Wildman–Crippen LogP) is 10.7. The first-order valence-corrected chi connectivity index (χ1v) is 13.5. The summed E-state index contributed by atoms with van der Waals surface area (Å²) in [6.45, 7) is 11.4. The minimum Gasteiger partial charge on any atom is -0.0654 e. The fourth-order valence-electron chi connectivity index (χ4n) is 4.29. The topological polar surface area (TPSA) is 0 Å². The fraction of sp³-hybridized carbons (Fsp3) is 0.964. The lowest BCUT2D eigenvalue weighted by molar-refractivity contribution is 0.458. The molecule has 0 bridgehead atoms. The number of hydrogen-bond donors (Lipinski definition) is 0. The highest BCUT2D eigenvalue weighted by atomic mass is 14.1. The molecular weight excluding hydrogens is 336 g/mol. The van der Waals surface area contributed by atoms with Gasteiger partial charge in [0, 0.05) is 0 Å². The highest BCUT2D eigenvalue weighted by Gasteiger charge is 2.02. The van der Waals surface area contributed by atoms with E-state index in [9.17, 15) is 0 Å². The highest BCUT2D eigenvalue weighted by Crippen LogP contribution is 2.19. The Morgan fingerprint density at radius 3 is 1.04 bits per heavy atom. The molecule has 0 aliphatic carbocycles. The van der Waals surface area contributed by atoms with Gasteiger partial charge in [0.25, 0.3) is 0 Å². The van der Waals surface area contributed by atoms with Crippen LogP contribution in [0.15, 0.2) is 0 Å². The maximum absolute atomic E-state index is 4.40. The van der Waals surface area contributed by atoms with Gasteiger partial charge in [-0.05, 0) is 11.8 Å². The van der Waals surface area contributed by atoms with E-state index >= 15 is 0 Å². The summed E-state index contributed by atoms with van der Waals surface area (Å²) >= 11 is 0. The van der Waals surface area contributed by atoms with Crippen molar-refractivity contribution in [2.45, 2.75) is 162 Å². The summed E-state index contributed by atoms with van der Waals surface area (Å²) in [5.74, 6) is 1.61. The minimum absolute atomic E-state index is 0.718. The molecule has 1 atom stereocenters. The average molecular weight is 394 g/mol. The second-order valence-electron chi connectivity index (χ2n) is 9.99. The van der Waals surface area contributed by atoms with Crippen molar-refractivity contribution in [2.75, 3.05) is 0 Å². The Bertz CT molecular complexity index is 267. The van der Waals surface area contributed by atoms with E-state index in [0.717, 1.165) is 11.8 Å². The Balaban J connectivity index is 3.14. The summed E-state index contributed by atoms with van der Waals surface area (Å²) in [7, 11) is 0. The molecule has 0 amide bonds. The maximum atomic E-state index is 4.40. The van der Waals surface area contributed by atoms with Gasteiger partial charge in [-0.1, -0.05) is 169 Å². The van der Waals surface area contributed by atoms with Gasteiger partial charge in [0.15, 0.2) is 0 Å². The molecule has 0 aliphatic heterocycles. The third kappa shape index (κ3) is 24.0. The van der Waals surface area contributed by atoms with Crippen LogP contribution >= 0.6 is 0 Å². The molecule has 0 aromatic rings. The molecule has 0 spiro atoms. The fourth-order valence-corrected chi connectivity index (χ4v) is 4.29.